The SMILES string of the molecule is C=CC(=O)OC(COc1ccc(S(=O)(=O)c2ccc(OCC(CSc3ccccc3)OC(=O)C=C)cc2)cc1)CSc1ccccc1. The lowest BCUT2D eigenvalue weighted by molar-refractivity contribution is -0.144. The first-order chi connectivity index (χ1) is 22.8. The van der Waals surface area contributed by atoms with Crippen LogP contribution < -0.4 is 9.47 Å². The van der Waals surface area contributed by atoms with E-state index < -0.39 is 34.0 Å². The lowest BCUT2D eigenvalue weighted by atomic mass is 10.3. The van der Waals surface area contributed by atoms with Gasteiger partial charge >= 0.3 is 11.9 Å². The molecule has 47 heavy (non-hydrogen) atoms. The van der Waals surface area contributed by atoms with Crippen molar-refractivity contribution in [3.63, 3.8) is 0 Å². The number of hydrogen-bond donors (Lipinski definition) is 0. The second-order valence-electron chi connectivity index (χ2n) is 9.84. The van der Waals surface area contributed by atoms with Crippen LogP contribution in [0.1, 0.15) is 0 Å². The zero-order valence-electron chi connectivity index (χ0n) is 25.4. The lowest BCUT2D eigenvalue weighted by Gasteiger charge is -2.18. The van der Waals surface area contributed by atoms with Crippen LogP contribution in [-0.2, 0) is 28.9 Å². The standard InChI is InChI=1S/C36H34O8S3/c1-3-35(37)43-29(25-45-31-11-7-5-8-12-31)23-41-27-15-19-33(20-16-27)47(39,40)34-21-17-28(18-22-34)42-24-30(44-36(38)4-2)26-46-32-13-9-6-10-14-32/h3-22,29-30H,1-2,23-26H2. The van der Waals surface area contributed by atoms with Crippen LogP contribution in [0.4, 0.5) is 0 Å². The summed E-state index contributed by atoms with van der Waals surface area (Å²) in [6.07, 6.45) is 1.09. The monoisotopic (exact) mass is 690 g/mol. The van der Waals surface area contributed by atoms with E-state index in [2.05, 4.69) is 13.2 Å². The Hall–Kier alpha value is -4.45. The molecule has 8 nitrogen and oxygen atoms in total. The summed E-state index contributed by atoms with van der Waals surface area (Å²) in [5, 5.41) is 0. The van der Waals surface area contributed by atoms with Gasteiger partial charge in [-0.1, -0.05) is 49.6 Å². The van der Waals surface area contributed by atoms with E-state index in [4.69, 9.17) is 18.9 Å². The highest BCUT2D eigenvalue weighted by molar-refractivity contribution is 7.99. The molecule has 4 rings (SSSR count). The molecule has 0 saturated carbocycles. The van der Waals surface area contributed by atoms with Gasteiger partial charge in [0.25, 0.3) is 0 Å². The molecule has 0 spiro atoms. The fourth-order valence-corrected chi connectivity index (χ4v) is 7.06. The Kier molecular flexibility index (Phi) is 13.6. The number of benzene rings is 4. The van der Waals surface area contributed by atoms with Gasteiger partial charge in [0.2, 0.25) is 9.84 Å². The predicted octanol–water partition coefficient (Wildman–Crippen LogP) is 7.06. The molecular formula is C36H34O8S3. The van der Waals surface area contributed by atoms with Crippen molar-refractivity contribution in [3.8, 4) is 11.5 Å². The first-order valence-electron chi connectivity index (χ1n) is 14.5. The van der Waals surface area contributed by atoms with Gasteiger partial charge in [-0.05, 0) is 72.8 Å². The van der Waals surface area contributed by atoms with E-state index in [-0.39, 0.29) is 23.0 Å². The van der Waals surface area contributed by atoms with Crippen LogP contribution in [0.2, 0.25) is 0 Å². The highest BCUT2D eigenvalue weighted by Gasteiger charge is 2.20. The fourth-order valence-electron chi connectivity index (χ4n) is 4.01. The Balaban J connectivity index is 1.33. The molecule has 0 amide bonds. The van der Waals surface area contributed by atoms with Gasteiger partial charge in [-0.15, -0.1) is 23.5 Å². The topological polar surface area (TPSA) is 105 Å². The van der Waals surface area contributed by atoms with Crippen LogP contribution in [0.25, 0.3) is 0 Å². The number of carbonyl (C=O) groups is 2. The number of ether oxygens (including phenoxy) is 4. The van der Waals surface area contributed by atoms with Crippen LogP contribution >= 0.6 is 23.5 Å². The zero-order valence-corrected chi connectivity index (χ0v) is 27.9. The maximum atomic E-state index is 13.3. The normalized spacial score (nSPS) is 12.3. The Labute approximate surface area is 283 Å². The summed E-state index contributed by atoms with van der Waals surface area (Å²) in [4.78, 5) is 25.9. The molecule has 0 aliphatic rings. The minimum absolute atomic E-state index is 0.0750. The molecule has 0 fully saturated rings. The quantitative estimate of drug-likeness (QED) is 0.0613. The first-order valence-corrected chi connectivity index (χ1v) is 17.9. The lowest BCUT2D eigenvalue weighted by Crippen LogP contribution is -2.26. The largest absolute Gasteiger partial charge is 0.490 e. The third kappa shape index (κ3) is 11.4. The summed E-state index contributed by atoms with van der Waals surface area (Å²) >= 11 is 3.05. The smallest absolute Gasteiger partial charge is 0.330 e. The second kappa shape index (κ2) is 18.0. The van der Waals surface area contributed by atoms with Crippen molar-refractivity contribution < 1.29 is 37.0 Å². The molecule has 244 valence electrons. The van der Waals surface area contributed by atoms with E-state index in [1.807, 2.05) is 60.7 Å². The predicted molar refractivity (Wildman–Crippen MR) is 184 cm³/mol. The van der Waals surface area contributed by atoms with Gasteiger partial charge in [0.05, 0.1) is 9.79 Å². The molecule has 4 aromatic carbocycles. The molecule has 0 saturated heterocycles. The number of rotatable bonds is 18. The molecule has 11 heteroatoms. The Morgan fingerprint density at radius 3 is 1.30 bits per heavy atom. The van der Waals surface area contributed by atoms with Crippen molar-refractivity contribution >= 4 is 45.3 Å². The summed E-state index contributed by atoms with van der Waals surface area (Å²) < 4.78 is 49.2. The average molecular weight is 691 g/mol. The van der Waals surface area contributed by atoms with Gasteiger partial charge in [-0.3, -0.25) is 0 Å². The summed E-state index contributed by atoms with van der Waals surface area (Å²) in [5.41, 5.74) is 0. The summed E-state index contributed by atoms with van der Waals surface area (Å²) in [7, 11) is -3.83. The number of hydrogen-bond acceptors (Lipinski definition) is 10. The van der Waals surface area contributed by atoms with Crippen molar-refractivity contribution in [2.75, 3.05) is 24.7 Å². The summed E-state index contributed by atoms with van der Waals surface area (Å²) in [6.45, 7) is 7.05. The number of esters is 2. The minimum atomic E-state index is -3.83. The van der Waals surface area contributed by atoms with Gasteiger partial charge in [0.1, 0.15) is 36.9 Å². The molecular weight excluding hydrogens is 657 g/mol. The molecule has 0 aliphatic carbocycles. The van der Waals surface area contributed by atoms with Gasteiger partial charge in [0.15, 0.2) is 0 Å². The van der Waals surface area contributed by atoms with Crippen molar-refractivity contribution in [2.45, 2.75) is 31.8 Å². The molecule has 2 unspecified atom stereocenters. The second-order valence-corrected chi connectivity index (χ2v) is 14.0. The summed E-state index contributed by atoms with van der Waals surface area (Å²) in [5.74, 6) is 0.668. The zero-order chi connectivity index (χ0) is 33.5. The van der Waals surface area contributed by atoms with E-state index in [0.29, 0.717) is 23.0 Å². The number of carbonyl (C=O) groups excluding carboxylic acids is 2. The Morgan fingerprint density at radius 1 is 0.596 bits per heavy atom. The Bertz CT molecular complexity index is 1590. The van der Waals surface area contributed by atoms with Gasteiger partial charge < -0.3 is 18.9 Å². The van der Waals surface area contributed by atoms with Crippen LogP contribution in [0.5, 0.6) is 11.5 Å². The fraction of sp³-hybridized carbons (Fsp3) is 0.167. The van der Waals surface area contributed by atoms with Crippen LogP contribution in [-0.4, -0.2) is 57.3 Å². The van der Waals surface area contributed by atoms with Crippen molar-refractivity contribution in [1.29, 1.82) is 0 Å². The highest BCUT2D eigenvalue weighted by Crippen LogP contribution is 2.26. The van der Waals surface area contributed by atoms with Gasteiger partial charge in [-0.2, -0.15) is 0 Å². The molecule has 0 bridgehead atoms. The van der Waals surface area contributed by atoms with Crippen molar-refractivity contribution in [1.82, 2.24) is 0 Å². The van der Waals surface area contributed by atoms with Crippen molar-refractivity contribution in [2.24, 2.45) is 0 Å². The maximum Gasteiger partial charge on any atom is 0.330 e. The molecule has 4 aromatic rings. The van der Waals surface area contributed by atoms with Gasteiger partial charge in [-0.25, -0.2) is 18.0 Å². The molecule has 0 aromatic heterocycles. The third-order valence-corrected chi connectivity index (χ3v) is 10.5. The third-order valence-electron chi connectivity index (χ3n) is 6.40. The molecule has 0 heterocycles. The van der Waals surface area contributed by atoms with E-state index in [9.17, 15) is 18.0 Å². The van der Waals surface area contributed by atoms with Crippen LogP contribution in [0.3, 0.4) is 0 Å². The maximum absolute atomic E-state index is 13.3. The summed E-state index contributed by atoms with van der Waals surface area (Å²) in [6, 6.07) is 31.5. The first kappa shape index (κ1) is 35.4. The molecule has 2 atom stereocenters. The molecule has 0 N–H and O–H groups in total. The van der Waals surface area contributed by atoms with Crippen LogP contribution in [0, 0.1) is 0 Å². The average Bonchev–Trinajstić information content (AvgIpc) is 3.11. The van der Waals surface area contributed by atoms with E-state index in [0.717, 1.165) is 21.9 Å². The van der Waals surface area contributed by atoms with Crippen LogP contribution in [0.15, 0.2) is 154 Å². The Morgan fingerprint density at radius 2 is 0.957 bits per heavy atom. The number of thioether (sulfide) groups is 2. The highest BCUT2D eigenvalue weighted by atomic mass is 32.2. The number of sulfone groups is 1. The van der Waals surface area contributed by atoms with E-state index in [1.54, 1.807) is 24.3 Å². The minimum Gasteiger partial charge on any atom is -0.490 e. The molecule has 0 radical (unpaired) electrons. The molecule has 0 aliphatic heterocycles. The van der Waals surface area contributed by atoms with E-state index in [1.165, 1.54) is 47.8 Å². The van der Waals surface area contributed by atoms with Crippen molar-refractivity contribution in [3.05, 3.63) is 135 Å². The van der Waals surface area contributed by atoms with E-state index >= 15 is 0 Å². The van der Waals surface area contributed by atoms with Gasteiger partial charge in [0, 0.05) is 33.4 Å².